The number of likely N-dealkylation sites (N-methyl/N-ethyl adjacent to an activating group) is 1. The smallest absolute Gasteiger partial charge is 0.0625 e. The molecule has 0 saturated heterocycles. The van der Waals surface area contributed by atoms with Crippen molar-refractivity contribution in [1.82, 2.24) is 5.32 Å². The lowest BCUT2D eigenvalue weighted by Crippen LogP contribution is -2.36. The number of rotatable bonds is 5. The van der Waals surface area contributed by atoms with Gasteiger partial charge in [-0.15, -0.1) is 0 Å². The third-order valence-corrected chi connectivity index (χ3v) is 1.78. The first-order valence-corrected chi connectivity index (χ1v) is 4.36. The fraction of sp³-hybridized carbons (Fsp3) is 1.00. The summed E-state index contributed by atoms with van der Waals surface area (Å²) in [5, 5.41) is 3.23. The Labute approximate surface area is 70.3 Å². The summed E-state index contributed by atoms with van der Waals surface area (Å²) in [5.74, 6) is 0.638. The maximum absolute atomic E-state index is 5.49. The van der Waals surface area contributed by atoms with Gasteiger partial charge in [-0.05, 0) is 26.8 Å². The van der Waals surface area contributed by atoms with Crippen LogP contribution in [0.25, 0.3) is 0 Å². The maximum atomic E-state index is 5.49. The molecule has 0 heterocycles. The van der Waals surface area contributed by atoms with Crippen LogP contribution in [0.5, 0.6) is 0 Å². The predicted octanol–water partition coefficient (Wildman–Crippen LogP) is 1.66. The van der Waals surface area contributed by atoms with Gasteiger partial charge in [0.25, 0.3) is 0 Å². The third kappa shape index (κ3) is 5.22. The lowest BCUT2D eigenvalue weighted by molar-refractivity contribution is 0.0536. The molecular formula is C9H21NO. The minimum atomic E-state index is 0.338. The molecule has 1 unspecified atom stereocenters. The summed E-state index contributed by atoms with van der Waals surface area (Å²) < 4.78 is 5.49. The number of hydrogen-bond donors (Lipinski definition) is 1. The second kappa shape index (κ2) is 5.56. The molecule has 0 bridgehead atoms. The van der Waals surface area contributed by atoms with Crippen molar-refractivity contribution in [3.63, 3.8) is 0 Å². The van der Waals surface area contributed by atoms with E-state index in [0.717, 1.165) is 6.61 Å². The van der Waals surface area contributed by atoms with Gasteiger partial charge in [0.1, 0.15) is 0 Å². The maximum Gasteiger partial charge on any atom is 0.0625 e. The number of ether oxygens (including phenoxy) is 1. The van der Waals surface area contributed by atoms with Gasteiger partial charge < -0.3 is 10.1 Å². The van der Waals surface area contributed by atoms with Crippen molar-refractivity contribution >= 4 is 0 Å². The Morgan fingerprint density at radius 1 is 1.18 bits per heavy atom. The molecule has 0 amide bonds. The van der Waals surface area contributed by atoms with E-state index in [2.05, 4.69) is 33.0 Å². The van der Waals surface area contributed by atoms with Crippen molar-refractivity contribution in [2.24, 2.45) is 5.92 Å². The molecule has 0 aliphatic carbocycles. The largest absolute Gasteiger partial charge is 0.377 e. The molecule has 2 nitrogen and oxygen atoms in total. The molecule has 1 atom stereocenters. The molecule has 0 aliphatic rings. The Hall–Kier alpha value is -0.0800. The van der Waals surface area contributed by atoms with E-state index in [-0.39, 0.29) is 0 Å². The summed E-state index contributed by atoms with van der Waals surface area (Å²) in [5.41, 5.74) is 0. The highest BCUT2D eigenvalue weighted by Crippen LogP contribution is 2.02. The van der Waals surface area contributed by atoms with E-state index in [1.54, 1.807) is 0 Å². The molecule has 0 saturated carbocycles. The van der Waals surface area contributed by atoms with E-state index in [9.17, 15) is 0 Å². The second-order valence-electron chi connectivity index (χ2n) is 3.52. The lowest BCUT2D eigenvalue weighted by Gasteiger charge is -2.21. The quantitative estimate of drug-likeness (QED) is 0.658. The fourth-order valence-electron chi connectivity index (χ4n) is 0.905. The normalized spacial score (nSPS) is 14.5. The van der Waals surface area contributed by atoms with Crippen molar-refractivity contribution < 1.29 is 4.74 Å². The van der Waals surface area contributed by atoms with Crippen LogP contribution in [0.2, 0.25) is 0 Å². The predicted molar refractivity (Wildman–Crippen MR) is 48.8 cm³/mol. The molecule has 0 spiro atoms. The number of hydrogen-bond acceptors (Lipinski definition) is 2. The van der Waals surface area contributed by atoms with Crippen LogP contribution in [0.4, 0.5) is 0 Å². The molecule has 0 rings (SSSR count). The molecule has 0 aromatic heterocycles. The van der Waals surface area contributed by atoms with Gasteiger partial charge in [-0.3, -0.25) is 0 Å². The molecule has 0 aromatic carbocycles. The van der Waals surface area contributed by atoms with E-state index in [1.165, 1.54) is 0 Å². The standard InChI is InChI=1S/C9H21NO/c1-7(2)9(10-5)6-11-8(3)4/h7-10H,6H2,1-5H3. The van der Waals surface area contributed by atoms with Crippen molar-refractivity contribution in [2.75, 3.05) is 13.7 Å². The summed E-state index contributed by atoms with van der Waals surface area (Å²) in [6, 6.07) is 0.484. The van der Waals surface area contributed by atoms with Crippen molar-refractivity contribution in [3.8, 4) is 0 Å². The second-order valence-corrected chi connectivity index (χ2v) is 3.52. The third-order valence-electron chi connectivity index (χ3n) is 1.78. The van der Waals surface area contributed by atoms with Crippen LogP contribution >= 0.6 is 0 Å². The monoisotopic (exact) mass is 159 g/mol. The molecule has 68 valence electrons. The highest BCUT2D eigenvalue weighted by Gasteiger charge is 2.10. The Bertz CT molecular complexity index is 91.6. The van der Waals surface area contributed by atoms with Gasteiger partial charge in [-0.25, -0.2) is 0 Å². The highest BCUT2D eigenvalue weighted by molar-refractivity contribution is 4.67. The Morgan fingerprint density at radius 3 is 2.00 bits per heavy atom. The van der Waals surface area contributed by atoms with E-state index in [0.29, 0.717) is 18.1 Å². The van der Waals surface area contributed by atoms with Gasteiger partial charge in [0.15, 0.2) is 0 Å². The van der Waals surface area contributed by atoms with Crippen LogP contribution in [0.3, 0.4) is 0 Å². The fourth-order valence-corrected chi connectivity index (χ4v) is 0.905. The lowest BCUT2D eigenvalue weighted by atomic mass is 10.1. The average Bonchev–Trinajstić information content (AvgIpc) is 1.87. The van der Waals surface area contributed by atoms with Gasteiger partial charge in [0.2, 0.25) is 0 Å². The Morgan fingerprint density at radius 2 is 1.73 bits per heavy atom. The van der Waals surface area contributed by atoms with Crippen LogP contribution in [-0.2, 0) is 4.74 Å². The molecule has 1 N–H and O–H groups in total. The first-order valence-electron chi connectivity index (χ1n) is 4.36. The zero-order valence-electron chi connectivity index (χ0n) is 8.35. The van der Waals surface area contributed by atoms with Crippen molar-refractivity contribution in [1.29, 1.82) is 0 Å². The molecule has 0 aliphatic heterocycles. The van der Waals surface area contributed by atoms with E-state index >= 15 is 0 Å². The van der Waals surface area contributed by atoms with Crippen LogP contribution in [0.1, 0.15) is 27.7 Å². The summed E-state index contributed by atoms with van der Waals surface area (Å²) in [6.07, 6.45) is 0.338. The first kappa shape index (κ1) is 10.9. The topological polar surface area (TPSA) is 21.3 Å². The number of nitrogens with one attached hydrogen (secondary N) is 1. The first-order chi connectivity index (χ1) is 5.07. The van der Waals surface area contributed by atoms with Gasteiger partial charge in [-0.2, -0.15) is 0 Å². The van der Waals surface area contributed by atoms with Crippen LogP contribution in [0, 0.1) is 5.92 Å². The highest BCUT2D eigenvalue weighted by atomic mass is 16.5. The zero-order chi connectivity index (χ0) is 8.85. The van der Waals surface area contributed by atoms with Crippen molar-refractivity contribution in [2.45, 2.75) is 39.8 Å². The van der Waals surface area contributed by atoms with Gasteiger partial charge in [0, 0.05) is 6.04 Å². The molecule has 2 heteroatoms. The van der Waals surface area contributed by atoms with Crippen LogP contribution in [0.15, 0.2) is 0 Å². The minimum Gasteiger partial charge on any atom is -0.377 e. The summed E-state index contributed by atoms with van der Waals surface area (Å²) >= 11 is 0. The Balaban J connectivity index is 3.52. The van der Waals surface area contributed by atoms with Crippen molar-refractivity contribution in [3.05, 3.63) is 0 Å². The summed E-state index contributed by atoms with van der Waals surface area (Å²) in [4.78, 5) is 0. The summed E-state index contributed by atoms with van der Waals surface area (Å²) in [6.45, 7) is 9.33. The summed E-state index contributed by atoms with van der Waals surface area (Å²) in [7, 11) is 1.98. The van der Waals surface area contributed by atoms with E-state index in [4.69, 9.17) is 4.74 Å². The van der Waals surface area contributed by atoms with Gasteiger partial charge >= 0.3 is 0 Å². The molecule has 11 heavy (non-hydrogen) atoms. The molecule has 0 fully saturated rings. The van der Waals surface area contributed by atoms with E-state index < -0.39 is 0 Å². The van der Waals surface area contributed by atoms with E-state index in [1.807, 2.05) is 7.05 Å². The molecular weight excluding hydrogens is 138 g/mol. The SMILES string of the molecule is CNC(COC(C)C)C(C)C. The van der Waals surface area contributed by atoms with Crippen LogP contribution in [-0.4, -0.2) is 25.8 Å². The minimum absolute atomic E-state index is 0.338. The molecule has 0 aromatic rings. The Kier molecular flexibility index (Phi) is 5.51. The van der Waals surface area contributed by atoms with Crippen LogP contribution < -0.4 is 5.32 Å². The van der Waals surface area contributed by atoms with Gasteiger partial charge in [-0.1, -0.05) is 13.8 Å². The molecule has 0 radical (unpaired) electrons. The zero-order valence-corrected chi connectivity index (χ0v) is 8.35. The average molecular weight is 159 g/mol. The van der Waals surface area contributed by atoms with Gasteiger partial charge in [0.05, 0.1) is 12.7 Å².